The Labute approximate surface area is 104 Å². The summed E-state index contributed by atoms with van der Waals surface area (Å²) < 4.78 is 41.7. The number of alkyl halides is 3. The predicted octanol–water partition coefficient (Wildman–Crippen LogP) is 2.64. The zero-order valence-corrected chi connectivity index (χ0v) is 9.23. The molecule has 0 saturated carbocycles. The molecule has 1 aromatic carbocycles. The number of carbonyl (C=O) groups is 1. The first-order chi connectivity index (χ1) is 8.80. The van der Waals surface area contributed by atoms with E-state index in [2.05, 4.69) is 9.68 Å². The number of rotatable bonds is 2. The van der Waals surface area contributed by atoms with Crippen molar-refractivity contribution in [3.63, 3.8) is 0 Å². The Morgan fingerprint density at radius 3 is 2.32 bits per heavy atom. The fourth-order valence-electron chi connectivity index (χ4n) is 1.55. The van der Waals surface area contributed by atoms with Gasteiger partial charge in [0.2, 0.25) is 11.6 Å². The van der Waals surface area contributed by atoms with Crippen molar-refractivity contribution in [1.29, 1.82) is 0 Å². The molecule has 8 heteroatoms. The zero-order chi connectivity index (χ0) is 14.2. The number of nitrogens with two attached hydrogens (primary N) is 1. The van der Waals surface area contributed by atoms with Gasteiger partial charge in [0, 0.05) is 0 Å². The highest BCUT2D eigenvalue weighted by molar-refractivity contribution is 5.96. The summed E-state index contributed by atoms with van der Waals surface area (Å²) in [5, 5.41) is 12.1. The SMILES string of the molecule is Nc1onc(C(=O)O)c1-c1ccc(C(F)(F)F)cc1. The largest absolute Gasteiger partial charge is 0.476 e. The molecule has 0 radical (unpaired) electrons. The van der Waals surface area contributed by atoms with E-state index in [1.165, 1.54) is 0 Å². The number of carboxylic acids is 1. The normalized spacial score (nSPS) is 11.5. The molecular weight excluding hydrogens is 265 g/mol. The molecule has 1 aromatic heterocycles. The average Bonchev–Trinajstić information content (AvgIpc) is 2.70. The molecule has 1 heterocycles. The molecule has 0 spiro atoms. The lowest BCUT2D eigenvalue weighted by Gasteiger charge is -2.07. The molecule has 5 nitrogen and oxygen atoms in total. The first-order valence-electron chi connectivity index (χ1n) is 4.97. The minimum atomic E-state index is -4.46. The molecule has 19 heavy (non-hydrogen) atoms. The molecule has 0 atom stereocenters. The van der Waals surface area contributed by atoms with Crippen LogP contribution in [0.2, 0.25) is 0 Å². The summed E-state index contributed by atoms with van der Waals surface area (Å²) in [6, 6.07) is 3.87. The second-order valence-corrected chi connectivity index (χ2v) is 3.65. The summed E-state index contributed by atoms with van der Waals surface area (Å²) in [6.45, 7) is 0. The van der Waals surface area contributed by atoms with Crippen LogP contribution in [0, 0.1) is 0 Å². The lowest BCUT2D eigenvalue weighted by molar-refractivity contribution is -0.137. The summed E-state index contributed by atoms with van der Waals surface area (Å²) in [6.07, 6.45) is -4.46. The van der Waals surface area contributed by atoms with E-state index in [0.717, 1.165) is 24.3 Å². The maximum atomic E-state index is 12.4. The Morgan fingerprint density at radius 1 is 1.26 bits per heavy atom. The van der Waals surface area contributed by atoms with E-state index >= 15 is 0 Å². The standard InChI is InChI=1S/C11H7F3N2O3/c12-11(13,14)6-3-1-5(2-4-6)7-8(10(17)18)16-19-9(7)15/h1-4H,15H2,(H,17,18). The first kappa shape index (κ1) is 12.9. The van der Waals surface area contributed by atoms with E-state index in [-0.39, 0.29) is 17.0 Å². The number of benzene rings is 1. The first-order valence-corrected chi connectivity index (χ1v) is 4.97. The molecule has 0 unspecified atom stereocenters. The van der Waals surface area contributed by atoms with Gasteiger partial charge >= 0.3 is 12.1 Å². The minimum absolute atomic E-state index is 0.0405. The van der Waals surface area contributed by atoms with E-state index in [1.54, 1.807) is 0 Å². The van der Waals surface area contributed by atoms with Crippen molar-refractivity contribution in [2.75, 3.05) is 5.73 Å². The van der Waals surface area contributed by atoms with Gasteiger partial charge in [0.25, 0.3) is 0 Å². The van der Waals surface area contributed by atoms with Crippen LogP contribution in [0.25, 0.3) is 11.1 Å². The van der Waals surface area contributed by atoms with Crippen molar-refractivity contribution < 1.29 is 27.6 Å². The Bertz CT molecular complexity index is 617. The van der Waals surface area contributed by atoms with Gasteiger partial charge in [-0.1, -0.05) is 17.3 Å². The maximum Gasteiger partial charge on any atom is 0.416 e. The molecule has 0 fully saturated rings. The third-order valence-corrected chi connectivity index (χ3v) is 2.42. The Morgan fingerprint density at radius 2 is 1.84 bits per heavy atom. The van der Waals surface area contributed by atoms with Crippen molar-refractivity contribution >= 4 is 11.9 Å². The Balaban J connectivity index is 2.49. The minimum Gasteiger partial charge on any atom is -0.476 e. The second-order valence-electron chi connectivity index (χ2n) is 3.65. The highest BCUT2D eigenvalue weighted by Crippen LogP contribution is 2.33. The van der Waals surface area contributed by atoms with Crippen molar-refractivity contribution in [3.05, 3.63) is 35.5 Å². The molecule has 100 valence electrons. The number of anilines is 1. The van der Waals surface area contributed by atoms with Gasteiger partial charge in [-0.15, -0.1) is 0 Å². The molecule has 2 rings (SSSR count). The van der Waals surface area contributed by atoms with Crippen LogP contribution in [-0.2, 0) is 6.18 Å². The van der Waals surface area contributed by atoms with E-state index in [0.29, 0.717) is 0 Å². The quantitative estimate of drug-likeness (QED) is 0.877. The highest BCUT2D eigenvalue weighted by atomic mass is 19.4. The summed E-state index contributed by atoms with van der Waals surface area (Å²) in [5.41, 5.74) is 4.27. The Kier molecular flexibility index (Phi) is 2.93. The maximum absolute atomic E-state index is 12.4. The second kappa shape index (κ2) is 4.30. The van der Waals surface area contributed by atoms with Gasteiger partial charge in [-0.25, -0.2) is 4.79 Å². The number of halogens is 3. The fourth-order valence-corrected chi connectivity index (χ4v) is 1.55. The summed E-state index contributed by atoms with van der Waals surface area (Å²) >= 11 is 0. The molecule has 0 saturated heterocycles. The topological polar surface area (TPSA) is 89.4 Å². The molecule has 0 bridgehead atoms. The van der Waals surface area contributed by atoms with Crippen molar-refractivity contribution in [3.8, 4) is 11.1 Å². The number of hydrogen-bond donors (Lipinski definition) is 2. The predicted molar refractivity (Wildman–Crippen MR) is 58.3 cm³/mol. The lowest BCUT2D eigenvalue weighted by Crippen LogP contribution is -2.04. The number of carboxylic acid groups (broad SMARTS) is 1. The molecule has 3 N–H and O–H groups in total. The molecule has 0 aliphatic heterocycles. The Hall–Kier alpha value is -2.51. The highest BCUT2D eigenvalue weighted by Gasteiger charge is 2.30. The number of aromatic nitrogens is 1. The fraction of sp³-hybridized carbons (Fsp3) is 0.0909. The molecule has 0 aliphatic rings. The monoisotopic (exact) mass is 272 g/mol. The third kappa shape index (κ3) is 2.37. The van der Waals surface area contributed by atoms with Crippen LogP contribution in [0.4, 0.5) is 19.1 Å². The number of hydrogen-bond acceptors (Lipinski definition) is 4. The number of nitrogens with zero attached hydrogens (tertiary/aromatic N) is 1. The molecular formula is C11H7F3N2O3. The van der Waals surface area contributed by atoms with Crippen molar-refractivity contribution in [2.24, 2.45) is 0 Å². The van der Waals surface area contributed by atoms with Crippen LogP contribution in [0.3, 0.4) is 0 Å². The van der Waals surface area contributed by atoms with Gasteiger partial charge in [-0.3, -0.25) is 0 Å². The summed E-state index contributed by atoms with van der Waals surface area (Å²) in [7, 11) is 0. The van der Waals surface area contributed by atoms with Crippen LogP contribution < -0.4 is 5.73 Å². The number of nitrogen functional groups attached to an aromatic ring is 1. The zero-order valence-electron chi connectivity index (χ0n) is 9.23. The molecule has 2 aromatic rings. The lowest BCUT2D eigenvalue weighted by atomic mass is 10.0. The van der Waals surface area contributed by atoms with Gasteiger partial charge in [0.15, 0.2) is 0 Å². The van der Waals surface area contributed by atoms with Gasteiger partial charge < -0.3 is 15.4 Å². The summed E-state index contributed by atoms with van der Waals surface area (Å²) in [5.74, 6) is -1.65. The number of aromatic carboxylic acids is 1. The van der Waals surface area contributed by atoms with Crippen LogP contribution in [0.15, 0.2) is 28.8 Å². The van der Waals surface area contributed by atoms with Gasteiger partial charge in [0.1, 0.15) is 0 Å². The van der Waals surface area contributed by atoms with Crippen LogP contribution in [-0.4, -0.2) is 16.2 Å². The van der Waals surface area contributed by atoms with Crippen LogP contribution >= 0.6 is 0 Å². The van der Waals surface area contributed by atoms with Crippen LogP contribution in [0.1, 0.15) is 16.1 Å². The van der Waals surface area contributed by atoms with Crippen LogP contribution in [0.5, 0.6) is 0 Å². The van der Waals surface area contributed by atoms with Crippen molar-refractivity contribution in [1.82, 2.24) is 5.16 Å². The van der Waals surface area contributed by atoms with Gasteiger partial charge in [0.05, 0.1) is 11.1 Å². The van der Waals surface area contributed by atoms with E-state index in [1.807, 2.05) is 0 Å². The molecule has 0 aliphatic carbocycles. The smallest absolute Gasteiger partial charge is 0.416 e. The van der Waals surface area contributed by atoms with E-state index in [9.17, 15) is 18.0 Å². The van der Waals surface area contributed by atoms with E-state index < -0.39 is 23.4 Å². The summed E-state index contributed by atoms with van der Waals surface area (Å²) in [4.78, 5) is 10.9. The molecule has 0 amide bonds. The van der Waals surface area contributed by atoms with Gasteiger partial charge in [-0.2, -0.15) is 13.2 Å². The van der Waals surface area contributed by atoms with Crippen molar-refractivity contribution in [2.45, 2.75) is 6.18 Å². The average molecular weight is 272 g/mol. The van der Waals surface area contributed by atoms with Gasteiger partial charge in [-0.05, 0) is 17.7 Å². The van der Waals surface area contributed by atoms with E-state index in [4.69, 9.17) is 10.8 Å². The third-order valence-electron chi connectivity index (χ3n) is 2.42.